The lowest BCUT2D eigenvalue weighted by Crippen LogP contribution is -2.35. The van der Waals surface area contributed by atoms with E-state index >= 15 is 0 Å². The Morgan fingerprint density at radius 1 is 1.25 bits per heavy atom. The molecule has 2 aromatic carbocycles. The molecule has 2 heterocycles. The minimum atomic E-state index is -3.78. The van der Waals surface area contributed by atoms with Crippen LogP contribution in [0.3, 0.4) is 0 Å². The number of nitrogens with one attached hydrogen (secondary N) is 2. The van der Waals surface area contributed by atoms with Crippen LogP contribution in [0.5, 0.6) is 0 Å². The Balaban J connectivity index is 1.70. The van der Waals surface area contributed by atoms with E-state index in [-0.39, 0.29) is 10.8 Å². The Morgan fingerprint density at radius 3 is 2.81 bits per heavy atom. The van der Waals surface area contributed by atoms with Crippen molar-refractivity contribution in [1.82, 2.24) is 4.98 Å². The monoisotopic (exact) mass is 467 g/mol. The highest BCUT2D eigenvalue weighted by molar-refractivity contribution is 7.92. The van der Waals surface area contributed by atoms with E-state index in [1.54, 1.807) is 12.1 Å². The topological polar surface area (TPSA) is 115 Å². The first kappa shape index (κ1) is 21.8. The third-order valence-corrected chi connectivity index (χ3v) is 8.05. The van der Waals surface area contributed by atoms with Crippen molar-refractivity contribution in [3.8, 4) is 16.6 Å². The molecule has 1 amide bonds. The van der Waals surface area contributed by atoms with Gasteiger partial charge in [-0.3, -0.25) is 14.4 Å². The lowest BCUT2D eigenvalue weighted by atomic mass is 10.00. The van der Waals surface area contributed by atoms with E-state index in [9.17, 15) is 13.2 Å². The van der Waals surface area contributed by atoms with E-state index in [1.165, 1.54) is 34.7 Å². The zero-order chi connectivity index (χ0) is 22.9. The molecule has 1 aliphatic heterocycles. The van der Waals surface area contributed by atoms with E-state index in [1.807, 2.05) is 31.3 Å². The molecular formula is C22H21N5O3S2. The van der Waals surface area contributed by atoms with Gasteiger partial charge in [-0.25, -0.2) is 13.4 Å². The van der Waals surface area contributed by atoms with Crippen molar-refractivity contribution in [3.05, 3.63) is 53.7 Å². The third-order valence-electron chi connectivity index (χ3n) is 5.12. The second kappa shape index (κ2) is 8.61. The number of anilines is 3. The summed E-state index contributed by atoms with van der Waals surface area (Å²) in [5, 5.41) is 14.6. The summed E-state index contributed by atoms with van der Waals surface area (Å²) < 4.78 is 28.2. The molecule has 3 aromatic rings. The van der Waals surface area contributed by atoms with Crippen molar-refractivity contribution in [3.63, 3.8) is 0 Å². The molecule has 10 heteroatoms. The van der Waals surface area contributed by atoms with E-state index < -0.39 is 10.0 Å². The number of hydrogen-bond donors (Lipinski definition) is 2. The Hall–Kier alpha value is -3.42. The van der Waals surface area contributed by atoms with Gasteiger partial charge in [-0.1, -0.05) is 23.5 Å². The third kappa shape index (κ3) is 4.17. The Bertz CT molecular complexity index is 1340. The van der Waals surface area contributed by atoms with Crippen molar-refractivity contribution in [1.29, 1.82) is 5.26 Å². The van der Waals surface area contributed by atoms with Gasteiger partial charge in [-0.05, 0) is 61.2 Å². The zero-order valence-electron chi connectivity index (χ0n) is 17.5. The van der Waals surface area contributed by atoms with Crippen molar-refractivity contribution in [2.24, 2.45) is 0 Å². The van der Waals surface area contributed by atoms with Crippen LogP contribution in [0, 0.1) is 18.4 Å². The predicted octanol–water partition coefficient (Wildman–Crippen LogP) is 4.11. The van der Waals surface area contributed by atoms with Gasteiger partial charge in [0.15, 0.2) is 11.3 Å². The van der Waals surface area contributed by atoms with Gasteiger partial charge in [0.1, 0.15) is 0 Å². The van der Waals surface area contributed by atoms with Gasteiger partial charge in [0, 0.05) is 19.2 Å². The van der Waals surface area contributed by atoms with Crippen LogP contribution >= 0.6 is 11.3 Å². The molecule has 0 saturated heterocycles. The zero-order valence-corrected chi connectivity index (χ0v) is 19.2. The van der Waals surface area contributed by atoms with Crippen molar-refractivity contribution in [2.75, 3.05) is 21.5 Å². The second-order valence-electron chi connectivity index (χ2n) is 7.40. The predicted molar refractivity (Wildman–Crippen MR) is 125 cm³/mol. The fourth-order valence-electron chi connectivity index (χ4n) is 3.75. The molecule has 4 rings (SSSR count). The number of carbonyl (C=O) groups is 1. The van der Waals surface area contributed by atoms with Crippen LogP contribution < -0.4 is 14.9 Å². The largest absolute Gasteiger partial charge is 0.302 e. The second-order valence-corrected chi connectivity index (χ2v) is 10.3. The Labute approximate surface area is 190 Å². The molecule has 0 saturated carbocycles. The first-order chi connectivity index (χ1) is 15.3. The summed E-state index contributed by atoms with van der Waals surface area (Å²) in [6, 6.07) is 12.0. The molecule has 0 aliphatic carbocycles. The fourth-order valence-corrected chi connectivity index (χ4v) is 6.34. The van der Waals surface area contributed by atoms with E-state index in [2.05, 4.69) is 15.6 Å². The minimum absolute atomic E-state index is 0.132. The average molecular weight is 468 g/mol. The maximum atomic E-state index is 13.4. The molecule has 0 radical (unpaired) electrons. The van der Waals surface area contributed by atoms with Gasteiger partial charge in [-0.2, -0.15) is 5.26 Å². The maximum Gasteiger partial charge on any atom is 0.264 e. The SMILES string of the molecule is CC(=O)Nc1nc(C)c(-c2ccc3c(c2)CCCN3S(=O)(=O)c2cccc(NC#N)c2)s1. The van der Waals surface area contributed by atoms with Crippen LogP contribution in [-0.2, 0) is 21.2 Å². The summed E-state index contributed by atoms with van der Waals surface area (Å²) in [6.45, 7) is 3.71. The van der Waals surface area contributed by atoms with Crippen LogP contribution in [0.1, 0.15) is 24.6 Å². The first-order valence-electron chi connectivity index (χ1n) is 9.96. The molecule has 0 bridgehead atoms. The molecule has 164 valence electrons. The smallest absolute Gasteiger partial charge is 0.264 e. The lowest BCUT2D eigenvalue weighted by Gasteiger charge is -2.31. The van der Waals surface area contributed by atoms with Crippen LogP contribution in [-0.4, -0.2) is 25.9 Å². The van der Waals surface area contributed by atoms with Crippen molar-refractivity contribution in [2.45, 2.75) is 31.6 Å². The van der Waals surface area contributed by atoms with Gasteiger partial charge >= 0.3 is 0 Å². The maximum absolute atomic E-state index is 13.4. The number of thiazole rings is 1. The molecule has 0 atom stereocenters. The van der Waals surface area contributed by atoms with Gasteiger partial charge in [-0.15, -0.1) is 0 Å². The number of rotatable bonds is 5. The highest BCUT2D eigenvalue weighted by Crippen LogP contribution is 2.38. The number of carbonyl (C=O) groups excluding carboxylic acids is 1. The minimum Gasteiger partial charge on any atom is -0.302 e. The standard InChI is InChI=1S/C22H21N5O3S2/c1-14-21(31-22(25-14)26-15(2)28)17-8-9-20-16(11-17)5-4-10-27(20)32(29,30)19-7-3-6-18(12-19)24-13-23/h3,6-9,11-12,24H,4-5,10H2,1-2H3,(H,25,26,28). The number of amides is 1. The van der Waals surface area contributed by atoms with Crippen LogP contribution in [0.25, 0.3) is 10.4 Å². The highest BCUT2D eigenvalue weighted by atomic mass is 32.2. The summed E-state index contributed by atoms with van der Waals surface area (Å²) in [7, 11) is -3.78. The molecule has 2 N–H and O–H groups in total. The summed E-state index contributed by atoms with van der Waals surface area (Å²) in [5.74, 6) is -0.175. The molecule has 32 heavy (non-hydrogen) atoms. The average Bonchev–Trinajstić information content (AvgIpc) is 3.12. The van der Waals surface area contributed by atoms with Gasteiger partial charge < -0.3 is 5.32 Å². The molecule has 8 nitrogen and oxygen atoms in total. The van der Waals surface area contributed by atoms with Crippen LogP contribution in [0.2, 0.25) is 0 Å². The number of fused-ring (bicyclic) bond motifs is 1. The Morgan fingerprint density at radius 2 is 2.06 bits per heavy atom. The molecule has 0 unspecified atom stereocenters. The summed E-state index contributed by atoms with van der Waals surface area (Å²) >= 11 is 1.39. The Kier molecular flexibility index (Phi) is 5.86. The number of aryl methyl sites for hydroxylation is 2. The number of aromatic nitrogens is 1. The first-order valence-corrected chi connectivity index (χ1v) is 12.2. The van der Waals surface area contributed by atoms with Crippen LogP contribution in [0.15, 0.2) is 47.4 Å². The molecule has 1 aliphatic rings. The van der Waals surface area contributed by atoms with Crippen molar-refractivity contribution < 1.29 is 13.2 Å². The molecule has 0 fully saturated rings. The van der Waals surface area contributed by atoms with Gasteiger partial charge in [0.25, 0.3) is 10.0 Å². The summed E-state index contributed by atoms with van der Waals surface area (Å²) in [4.78, 5) is 16.8. The number of nitrogens with zero attached hydrogens (tertiary/aromatic N) is 3. The van der Waals surface area contributed by atoms with E-state index in [0.29, 0.717) is 29.5 Å². The molecular weight excluding hydrogens is 446 g/mol. The summed E-state index contributed by atoms with van der Waals surface area (Å²) in [5.41, 5.74) is 3.77. The molecule has 1 aromatic heterocycles. The quantitative estimate of drug-likeness (QED) is 0.431. The van der Waals surface area contributed by atoms with Gasteiger partial charge in [0.05, 0.1) is 21.2 Å². The van der Waals surface area contributed by atoms with E-state index in [4.69, 9.17) is 5.26 Å². The van der Waals surface area contributed by atoms with Gasteiger partial charge in [0.2, 0.25) is 5.91 Å². The number of benzene rings is 2. The van der Waals surface area contributed by atoms with Crippen LogP contribution in [0.4, 0.5) is 16.5 Å². The highest BCUT2D eigenvalue weighted by Gasteiger charge is 2.29. The molecule has 0 spiro atoms. The summed E-state index contributed by atoms with van der Waals surface area (Å²) in [6.07, 6.45) is 3.28. The van der Waals surface area contributed by atoms with E-state index in [0.717, 1.165) is 28.1 Å². The fraction of sp³-hybridized carbons (Fsp3) is 0.227. The number of sulfonamides is 1. The van der Waals surface area contributed by atoms with Crippen molar-refractivity contribution >= 4 is 43.8 Å². The lowest BCUT2D eigenvalue weighted by molar-refractivity contribution is -0.114. The normalized spacial score (nSPS) is 13.2. The number of hydrogen-bond acceptors (Lipinski definition) is 7. The number of nitriles is 1.